The van der Waals surface area contributed by atoms with Gasteiger partial charge in [-0.25, -0.2) is 0 Å². The lowest BCUT2D eigenvalue weighted by atomic mass is 10.5. The van der Waals surface area contributed by atoms with Gasteiger partial charge in [-0.3, -0.25) is 0 Å². The van der Waals surface area contributed by atoms with Crippen molar-refractivity contribution in [1.29, 1.82) is 0 Å². The smallest absolute Gasteiger partial charge is 0.167 e. The molecule has 0 radical (unpaired) electrons. The van der Waals surface area contributed by atoms with E-state index in [1.54, 1.807) is 0 Å². The van der Waals surface area contributed by atoms with Gasteiger partial charge in [-0.2, -0.15) is 26.3 Å². The zero-order valence-corrected chi connectivity index (χ0v) is 6.88. The van der Waals surface area contributed by atoms with Crippen molar-refractivity contribution in [3.63, 3.8) is 0 Å². The van der Waals surface area contributed by atoms with Crippen LogP contribution in [0.1, 0.15) is 0 Å². The third kappa shape index (κ3) is 5.33. The van der Waals surface area contributed by atoms with Crippen LogP contribution in [0.3, 0.4) is 0 Å². The van der Waals surface area contributed by atoms with Crippen molar-refractivity contribution in [1.82, 2.24) is 0 Å². The standard InChI is InChI=1S/C4HF6I/c5-3(6,7)1-2(11)4(8,9)10/h1H. The molecule has 0 bridgehead atoms. The summed E-state index contributed by atoms with van der Waals surface area (Å²) in [5, 5.41) is 0. The molecule has 0 saturated carbocycles. The van der Waals surface area contributed by atoms with Crippen LogP contribution in [0, 0.1) is 0 Å². The number of halogens is 7. The second-order valence-corrected chi connectivity index (χ2v) is 2.69. The minimum atomic E-state index is -4.91. The summed E-state index contributed by atoms with van der Waals surface area (Å²) in [5.41, 5.74) is 0. The Morgan fingerprint density at radius 2 is 1.36 bits per heavy atom. The molecule has 0 saturated heterocycles. The molecule has 0 unspecified atom stereocenters. The zero-order chi connectivity index (χ0) is 9.28. The van der Waals surface area contributed by atoms with E-state index in [4.69, 9.17) is 0 Å². The lowest BCUT2D eigenvalue weighted by Crippen LogP contribution is -2.11. The van der Waals surface area contributed by atoms with Gasteiger partial charge in [0.2, 0.25) is 0 Å². The fourth-order valence-electron chi connectivity index (χ4n) is 0.226. The molecule has 0 aromatic carbocycles. The highest BCUT2D eigenvalue weighted by atomic mass is 127. The third-order valence-electron chi connectivity index (χ3n) is 0.561. The van der Waals surface area contributed by atoms with E-state index < -0.39 is 22.0 Å². The first-order chi connectivity index (χ1) is 4.63. The molecule has 0 N–H and O–H groups in total. The summed E-state index contributed by atoms with van der Waals surface area (Å²) < 4.78 is 66.3. The molecule has 0 heterocycles. The molecular weight excluding hydrogens is 289 g/mol. The van der Waals surface area contributed by atoms with Crippen molar-refractivity contribution >= 4 is 22.6 Å². The van der Waals surface area contributed by atoms with Crippen LogP contribution in [-0.2, 0) is 0 Å². The number of alkyl halides is 6. The number of allylic oxidation sites excluding steroid dienone is 2. The van der Waals surface area contributed by atoms with Crippen LogP contribution in [0.15, 0.2) is 9.66 Å². The van der Waals surface area contributed by atoms with E-state index in [2.05, 4.69) is 0 Å². The second-order valence-electron chi connectivity index (χ2n) is 1.53. The average Bonchev–Trinajstić information content (AvgIpc) is 1.56. The Balaban J connectivity index is 4.49. The monoisotopic (exact) mass is 290 g/mol. The summed E-state index contributed by atoms with van der Waals surface area (Å²) in [6, 6.07) is 0. The van der Waals surface area contributed by atoms with Crippen molar-refractivity contribution in [2.45, 2.75) is 12.4 Å². The fraction of sp³-hybridized carbons (Fsp3) is 0.500. The summed E-state index contributed by atoms with van der Waals surface area (Å²) in [5.74, 6) is 0. The normalized spacial score (nSPS) is 15.4. The van der Waals surface area contributed by atoms with Gasteiger partial charge in [0.25, 0.3) is 0 Å². The van der Waals surface area contributed by atoms with Crippen molar-refractivity contribution in [3.8, 4) is 0 Å². The molecule has 0 atom stereocenters. The van der Waals surface area contributed by atoms with Gasteiger partial charge >= 0.3 is 12.4 Å². The Labute approximate surface area is 71.4 Å². The molecule has 7 heteroatoms. The average molecular weight is 290 g/mol. The van der Waals surface area contributed by atoms with Crippen molar-refractivity contribution in [2.75, 3.05) is 0 Å². The van der Waals surface area contributed by atoms with Crippen molar-refractivity contribution in [3.05, 3.63) is 9.66 Å². The van der Waals surface area contributed by atoms with Gasteiger partial charge in [-0.1, -0.05) is 0 Å². The first-order valence-corrected chi connectivity index (χ1v) is 3.23. The maximum absolute atomic E-state index is 11.4. The van der Waals surface area contributed by atoms with E-state index in [0.717, 1.165) is 0 Å². The van der Waals surface area contributed by atoms with Crippen molar-refractivity contribution in [2.24, 2.45) is 0 Å². The molecule has 0 amide bonds. The quantitative estimate of drug-likeness (QED) is 0.473. The summed E-state index contributed by atoms with van der Waals surface area (Å²) in [7, 11) is 0. The predicted octanol–water partition coefficient (Wildman–Crippen LogP) is 3.43. The summed E-state index contributed by atoms with van der Waals surface area (Å²) in [4.78, 5) is 0. The molecule has 0 rings (SSSR count). The van der Waals surface area contributed by atoms with Crippen LogP contribution >= 0.6 is 22.6 Å². The maximum Gasteiger partial charge on any atom is 0.422 e. The molecule has 0 aliphatic rings. The van der Waals surface area contributed by atoms with Gasteiger partial charge in [-0.15, -0.1) is 0 Å². The van der Waals surface area contributed by atoms with E-state index in [9.17, 15) is 26.3 Å². The lowest BCUT2D eigenvalue weighted by Gasteiger charge is -2.05. The van der Waals surface area contributed by atoms with Crippen LogP contribution in [0.25, 0.3) is 0 Å². The molecule has 0 aromatic rings. The summed E-state index contributed by atoms with van der Waals surface area (Å²) in [6.07, 6.45) is -10.6. The van der Waals surface area contributed by atoms with E-state index >= 15 is 0 Å². The number of rotatable bonds is 0. The molecule has 0 aliphatic heterocycles. The number of hydrogen-bond donors (Lipinski definition) is 0. The Morgan fingerprint density at radius 1 is 1.00 bits per heavy atom. The maximum atomic E-state index is 11.4. The highest BCUT2D eigenvalue weighted by molar-refractivity contribution is 14.1. The second kappa shape index (κ2) is 3.20. The van der Waals surface area contributed by atoms with Crippen LogP contribution in [0.5, 0.6) is 0 Å². The van der Waals surface area contributed by atoms with Crippen LogP contribution < -0.4 is 0 Å². The topological polar surface area (TPSA) is 0 Å². The van der Waals surface area contributed by atoms with E-state index in [0.29, 0.717) is 22.6 Å². The summed E-state index contributed by atoms with van der Waals surface area (Å²) >= 11 is 0.590. The predicted molar refractivity (Wildman–Crippen MR) is 34.2 cm³/mol. The van der Waals surface area contributed by atoms with Crippen LogP contribution in [0.2, 0.25) is 0 Å². The SMILES string of the molecule is FC(F)(F)C=C(I)C(F)(F)F. The first-order valence-electron chi connectivity index (χ1n) is 2.15. The Morgan fingerprint density at radius 3 is 1.45 bits per heavy atom. The molecule has 0 spiro atoms. The van der Waals surface area contributed by atoms with Crippen molar-refractivity contribution < 1.29 is 26.3 Å². The van der Waals surface area contributed by atoms with E-state index in [-0.39, 0.29) is 0 Å². The molecule has 0 aromatic heterocycles. The third-order valence-corrected chi connectivity index (χ3v) is 1.48. The van der Waals surface area contributed by atoms with Crippen LogP contribution in [-0.4, -0.2) is 12.4 Å². The largest absolute Gasteiger partial charge is 0.422 e. The van der Waals surface area contributed by atoms with Gasteiger partial charge in [0.1, 0.15) is 0 Å². The minimum Gasteiger partial charge on any atom is -0.167 e. The van der Waals surface area contributed by atoms with Crippen LogP contribution in [0.4, 0.5) is 26.3 Å². The Bertz CT molecular complexity index is 162. The number of hydrogen-bond acceptors (Lipinski definition) is 0. The first kappa shape index (κ1) is 11.1. The minimum absolute atomic E-state index is 0.590. The molecule has 66 valence electrons. The van der Waals surface area contributed by atoms with E-state index in [1.165, 1.54) is 0 Å². The van der Waals surface area contributed by atoms with Gasteiger partial charge in [0.15, 0.2) is 0 Å². The Kier molecular flexibility index (Phi) is 3.21. The molecule has 11 heavy (non-hydrogen) atoms. The van der Waals surface area contributed by atoms with Gasteiger partial charge in [-0.05, 0) is 22.6 Å². The fourth-order valence-corrected chi connectivity index (χ4v) is 0.579. The highest BCUT2D eigenvalue weighted by Gasteiger charge is 2.36. The van der Waals surface area contributed by atoms with Gasteiger partial charge in [0.05, 0.1) is 3.58 Å². The molecular formula is C4HF6I. The van der Waals surface area contributed by atoms with Gasteiger partial charge in [0, 0.05) is 6.08 Å². The lowest BCUT2D eigenvalue weighted by molar-refractivity contribution is -0.0995. The zero-order valence-electron chi connectivity index (χ0n) is 4.72. The molecule has 0 nitrogen and oxygen atoms in total. The summed E-state index contributed by atoms with van der Waals surface area (Å²) in [6.45, 7) is 0. The molecule has 0 fully saturated rings. The van der Waals surface area contributed by atoms with Gasteiger partial charge < -0.3 is 0 Å². The highest BCUT2D eigenvalue weighted by Crippen LogP contribution is 2.34. The van der Waals surface area contributed by atoms with E-state index in [1.807, 2.05) is 0 Å². The Hall–Kier alpha value is 0.0500. The molecule has 0 aliphatic carbocycles.